The Morgan fingerprint density at radius 3 is 2.12 bits per heavy atom. The van der Waals surface area contributed by atoms with Crippen molar-refractivity contribution in [3.05, 3.63) is 29.6 Å². The van der Waals surface area contributed by atoms with Crippen molar-refractivity contribution in [2.24, 2.45) is 0 Å². The zero-order chi connectivity index (χ0) is 12.1. The van der Waals surface area contributed by atoms with E-state index in [1.165, 1.54) is 0 Å². The summed E-state index contributed by atoms with van der Waals surface area (Å²) in [6.07, 6.45) is 0.0199. The molecule has 0 saturated carbocycles. The van der Waals surface area contributed by atoms with E-state index >= 15 is 0 Å². The third kappa shape index (κ3) is 3.73. The van der Waals surface area contributed by atoms with E-state index < -0.39 is 23.2 Å². The highest BCUT2D eigenvalue weighted by Crippen LogP contribution is 2.22. The number of hydrogen-bond donors (Lipinski definition) is 0. The van der Waals surface area contributed by atoms with Gasteiger partial charge in [0, 0.05) is 12.1 Å². The second kappa shape index (κ2) is 5.75. The molecule has 0 aromatic heterocycles. The van der Waals surface area contributed by atoms with Gasteiger partial charge in [-0.05, 0) is 13.8 Å². The Kier molecular flexibility index (Phi) is 4.61. The van der Waals surface area contributed by atoms with Crippen molar-refractivity contribution in [2.45, 2.75) is 20.0 Å². The smallest absolute Gasteiger partial charge is 0.190 e. The Morgan fingerprint density at radius 2 is 1.62 bits per heavy atom. The van der Waals surface area contributed by atoms with Gasteiger partial charge in [-0.15, -0.1) is 0 Å². The second-order valence-corrected chi connectivity index (χ2v) is 3.47. The van der Waals surface area contributed by atoms with Crippen LogP contribution >= 0.6 is 0 Å². The van der Waals surface area contributed by atoms with Crippen LogP contribution in [-0.4, -0.2) is 19.3 Å². The predicted molar refractivity (Wildman–Crippen MR) is 52.9 cm³/mol. The second-order valence-electron chi connectivity index (χ2n) is 3.47. The molecular formula is C11H13F3O2. The minimum absolute atomic E-state index is 0.0116. The van der Waals surface area contributed by atoms with Crippen LogP contribution in [0.5, 0.6) is 5.75 Å². The zero-order valence-corrected chi connectivity index (χ0v) is 9.10. The van der Waals surface area contributed by atoms with Crippen LogP contribution in [0.15, 0.2) is 12.1 Å². The molecule has 0 fully saturated rings. The molecule has 0 bridgehead atoms. The number of ether oxygens (including phenoxy) is 2. The summed E-state index contributed by atoms with van der Waals surface area (Å²) in [7, 11) is 0. The van der Waals surface area contributed by atoms with E-state index in [0.29, 0.717) is 12.1 Å². The maximum absolute atomic E-state index is 13.1. The zero-order valence-electron chi connectivity index (χ0n) is 9.10. The first-order chi connectivity index (χ1) is 7.50. The first kappa shape index (κ1) is 12.8. The van der Waals surface area contributed by atoms with Crippen LogP contribution in [0.2, 0.25) is 0 Å². The van der Waals surface area contributed by atoms with Crippen molar-refractivity contribution in [3.8, 4) is 5.75 Å². The van der Waals surface area contributed by atoms with Crippen molar-refractivity contribution < 1.29 is 22.6 Å². The summed E-state index contributed by atoms with van der Waals surface area (Å²) in [6, 6.07) is 1.14. The monoisotopic (exact) mass is 234 g/mol. The minimum Gasteiger partial charge on any atom is -0.485 e. The standard InChI is InChI=1S/C11H13F3O2/c1-7(2)15-3-4-16-11-9(13)5-8(12)6-10(11)14/h5-7H,3-4H2,1-2H3. The minimum atomic E-state index is -1.05. The highest BCUT2D eigenvalue weighted by Gasteiger charge is 2.12. The van der Waals surface area contributed by atoms with Crippen LogP contribution in [-0.2, 0) is 4.74 Å². The lowest BCUT2D eigenvalue weighted by molar-refractivity contribution is 0.0534. The SMILES string of the molecule is CC(C)OCCOc1c(F)cc(F)cc1F. The fraction of sp³-hybridized carbons (Fsp3) is 0.455. The van der Waals surface area contributed by atoms with Crippen molar-refractivity contribution in [1.82, 2.24) is 0 Å². The molecule has 0 atom stereocenters. The fourth-order valence-corrected chi connectivity index (χ4v) is 1.09. The van der Waals surface area contributed by atoms with Gasteiger partial charge in [-0.1, -0.05) is 0 Å². The van der Waals surface area contributed by atoms with Crippen molar-refractivity contribution in [3.63, 3.8) is 0 Å². The molecule has 0 heterocycles. The number of halogens is 3. The number of hydrogen-bond acceptors (Lipinski definition) is 2. The van der Waals surface area contributed by atoms with Crippen LogP contribution < -0.4 is 4.74 Å². The predicted octanol–water partition coefficient (Wildman–Crippen LogP) is 2.91. The third-order valence-corrected chi connectivity index (χ3v) is 1.74. The molecule has 0 radical (unpaired) electrons. The van der Waals surface area contributed by atoms with Gasteiger partial charge < -0.3 is 9.47 Å². The normalized spacial score (nSPS) is 10.9. The van der Waals surface area contributed by atoms with E-state index in [2.05, 4.69) is 0 Å². The fourth-order valence-electron chi connectivity index (χ4n) is 1.09. The van der Waals surface area contributed by atoms with E-state index in [1.54, 1.807) is 0 Å². The van der Waals surface area contributed by atoms with Crippen molar-refractivity contribution in [2.75, 3.05) is 13.2 Å². The Hall–Kier alpha value is -1.23. The first-order valence-electron chi connectivity index (χ1n) is 4.89. The van der Waals surface area contributed by atoms with Crippen molar-refractivity contribution >= 4 is 0 Å². The lowest BCUT2D eigenvalue weighted by atomic mass is 10.3. The molecule has 0 N–H and O–H groups in total. The van der Waals surface area contributed by atoms with E-state index in [4.69, 9.17) is 9.47 Å². The Labute approximate surface area is 92.0 Å². The molecule has 0 aliphatic heterocycles. The summed E-state index contributed by atoms with van der Waals surface area (Å²) in [5, 5.41) is 0. The van der Waals surface area contributed by atoms with Crippen LogP contribution in [0.25, 0.3) is 0 Å². The van der Waals surface area contributed by atoms with E-state index in [1.807, 2.05) is 13.8 Å². The molecule has 0 unspecified atom stereocenters. The van der Waals surface area contributed by atoms with Gasteiger partial charge in [-0.3, -0.25) is 0 Å². The van der Waals surface area contributed by atoms with Gasteiger partial charge in [-0.2, -0.15) is 0 Å². The van der Waals surface area contributed by atoms with Gasteiger partial charge >= 0.3 is 0 Å². The largest absolute Gasteiger partial charge is 0.485 e. The molecule has 90 valence electrons. The van der Waals surface area contributed by atoms with Gasteiger partial charge in [0.25, 0.3) is 0 Å². The van der Waals surface area contributed by atoms with Crippen LogP contribution in [0.4, 0.5) is 13.2 Å². The summed E-state index contributed by atoms with van der Waals surface area (Å²) in [6.45, 7) is 3.89. The molecule has 5 heteroatoms. The van der Waals surface area contributed by atoms with Gasteiger partial charge in [0.2, 0.25) is 0 Å². The maximum Gasteiger partial charge on any atom is 0.190 e. The summed E-state index contributed by atoms with van der Waals surface area (Å²) in [5.74, 6) is -3.65. The van der Waals surface area contributed by atoms with Gasteiger partial charge in [0.1, 0.15) is 12.4 Å². The molecule has 0 saturated heterocycles. The highest BCUT2D eigenvalue weighted by atomic mass is 19.1. The molecule has 1 aromatic rings. The van der Waals surface area contributed by atoms with Crippen LogP contribution in [0.1, 0.15) is 13.8 Å². The Balaban J connectivity index is 2.54. The molecular weight excluding hydrogens is 221 g/mol. The quantitative estimate of drug-likeness (QED) is 0.729. The molecule has 1 rings (SSSR count). The molecule has 0 aliphatic rings. The van der Waals surface area contributed by atoms with Gasteiger partial charge in [-0.25, -0.2) is 13.2 Å². The van der Waals surface area contributed by atoms with Gasteiger partial charge in [0.05, 0.1) is 12.7 Å². The summed E-state index contributed by atoms with van der Waals surface area (Å²) in [4.78, 5) is 0. The number of benzene rings is 1. The van der Waals surface area contributed by atoms with Crippen LogP contribution in [0, 0.1) is 17.5 Å². The highest BCUT2D eigenvalue weighted by molar-refractivity contribution is 5.26. The van der Waals surface area contributed by atoms with E-state index in [9.17, 15) is 13.2 Å². The summed E-state index contributed by atoms with van der Waals surface area (Å²) >= 11 is 0. The van der Waals surface area contributed by atoms with Gasteiger partial charge in [0.15, 0.2) is 17.4 Å². The van der Waals surface area contributed by atoms with E-state index in [0.717, 1.165) is 0 Å². The maximum atomic E-state index is 13.1. The average Bonchev–Trinajstić information content (AvgIpc) is 2.14. The van der Waals surface area contributed by atoms with Crippen LogP contribution in [0.3, 0.4) is 0 Å². The lowest BCUT2D eigenvalue weighted by Crippen LogP contribution is -2.12. The van der Waals surface area contributed by atoms with E-state index in [-0.39, 0.29) is 19.3 Å². The molecule has 1 aromatic carbocycles. The third-order valence-electron chi connectivity index (χ3n) is 1.74. The average molecular weight is 234 g/mol. The molecule has 0 spiro atoms. The topological polar surface area (TPSA) is 18.5 Å². The molecule has 0 amide bonds. The first-order valence-corrected chi connectivity index (χ1v) is 4.89. The Bertz CT molecular complexity index is 330. The molecule has 2 nitrogen and oxygen atoms in total. The molecule has 0 aliphatic carbocycles. The summed E-state index contributed by atoms with van der Waals surface area (Å²) < 4.78 is 48.6. The number of rotatable bonds is 5. The van der Waals surface area contributed by atoms with Crippen molar-refractivity contribution in [1.29, 1.82) is 0 Å². The Morgan fingerprint density at radius 1 is 1.06 bits per heavy atom. The lowest BCUT2D eigenvalue weighted by Gasteiger charge is -2.10. The summed E-state index contributed by atoms with van der Waals surface area (Å²) in [5.41, 5.74) is 0. The molecule has 16 heavy (non-hydrogen) atoms.